The molecule has 3 rings (SSSR count). The zero-order chi connectivity index (χ0) is 19.9. The van der Waals surface area contributed by atoms with Gasteiger partial charge in [0, 0.05) is 15.7 Å². The molecule has 0 aliphatic rings. The number of hydrogen-bond acceptors (Lipinski definition) is 7. The number of benzene rings is 2. The smallest absolute Gasteiger partial charge is 0.322 e. The number of para-hydroxylation sites is 2. The number of nitrogens with one attached hydrogen (secondary N) is 1. The quantitative estimate of drug-likeness (QED) is 0.566. The second-order valence-electron chi connectivity index (χ2n) is 6.09. The number of hydrogen-bond donors (Lipinski definition) is 1. The van der Waals surface area contributed by atoms with Gasteiger partial charge in [-0.15, -0.1) is 16.9 Å². The minimum atomic E-state index is -0.412. The maximum Gasteiger partial charge on any atom is 0.322 e. The Kier molecular flexibility index (Phi) is 6.54. The van der Waals surface area contributed by atoms with Crippen LogP contribution in [-0.2, 0) is 4.79 Å². The number of nitrogens with zero attached hydrogens (tertiary/aromatic N) is 2. The monoisotopic (exact) mass is 399 g/mol. The van der Waals surface area contributed by atoms with Gasteiger partial charge in [-0.1, -0.05) is 37.1 Å². The van der Waals surface area contributed by atoms with Crippen LogP contribution >= 0.6 is 11.8 Å². The predicted octanol–water partition coefficient (Wildman–Crippen LogP) is 4.26. The summed E-state index contributed by atoms with van der Waals surface area (Å²) in [6.45, 7) is 4.05. The molecule has 3 aromatic rings. The van der Waals surface area contributed by atoms with Crippen molar-refractivity contribution in [1.29, 1.82) is 0 Å². The molecule has 0 atom stereocenters. The van der Waals surface area contributed by atoms with Gasteiger partial charge in [0.15, 0.2) is 18.1 Å². The van der Waals surface area contributed by atoms with Crippen LogP contribution in [0.1, 0.15) is 13.8 Å². The second-order valence-corrected chi connectivity index (χ2v) is 7.74. The molecule has 0 saturated heterocycles. The topological polar surface area (TPSA) is 86.5 Å². The SMILES string of the molecule is COc1ccccc1OCC(=O)Nc1nnc(-c2cccc(SC(C)C)c2)o1. The number of aromatic nitrogens is 2. The largest absolute Gasteiger partial charge is 0.493 e. The van der Waals surface area contributed by atoms with Crippen LogP contribution in [0.4, 0.5) is 6.01 Å². The maximum absolute atomic E-state index is 12.1. The Bertz CT molecular complexity index is 942. The number of methoxy groups -OCH3 is 1. The predicted molar refractivity (Wildman–Crippen MR) is 108 cm³/mol. The molecule has 28 heavy (non-hydrogen) atoms. The van der Waals surface area contributed by atoms with Gasteiger partial charge in [-0.2, -0.15) is 0 Å². The molecule has 1 heterocycles. The minimum absolute atomic E-state index is 0.0190. The van der Waals surface area contributed by atoms with E-state index in [9.17, 15) is 4.79 Å². The van der Waals surface area contributed by atoms with Crippen molar-refractivity contribution in [2.75, 3.05) is 19.0 Å². The Morgan fingerprint density at radius 3 is 2.68 bits per heavy atom. The van der Waals surface area contributed by atoms with Crippen LogP contribution in [0.25, 0.3) is 11.5 Å². The van der Waals surface area contributed by atoms with E-state index in [-0.39, 0.29) is 12.6 Å². The van der Waals surface area contributed by atoms with Gasteiger partial charge in [0.2, 0.25) is 5.89 Å². The van der Waals surface area contributed by atoms with Gasteiger partial charge < -0.3 is 13.9 Å². The molecule has 7 nitrogen and oxygen atoms in total. The van der Waals surface area contributed by atoms with E-state index in [0.29, 0.717) is 22.6 Å². The van der Waals surface area contributed by atoms with Crippen LogP contribution in [-0.4, -0.2) is 35.1 Å². The van der Waals surface area contributed by atoms with Crippen LogP contribution in [0.3, 0.4) is 0 Å². The number of ether oxygens (including phenoxy) is 2. The molecule has 0 aliphatic heterocycles. The van der Waals surface area contributed by atoms with Gasteiger partial charge in [-0.3, -0.25) is 10.1 Å². The number of carbonyl (C=O) groups is 1. The molecule has 0 unspecified atom stereocenters. The molecule has 8 heteroatoms. The van der Waals surface area contributed by atoms with Gasteiger partial charge in [-0.05, 0) is 30.3 Å². The van der Waals surface area contributed by atoms with E-state index < -0.39 is 5.91 Å². The van der Waals surface area contributed by atoms with Crippen molar-refractivity contribution in [1.82, 2.24) is 10.2 Å². The van der Waals surface area contributed by atoms with Crippen molar-refractivity contribution in [2.24, 2.45) is 0 Å². The molecule has 0 fully saturated rings. The molecule has 1 amide bonds. The minimum Gasteiger partial charge on any atom is -0.493 e. The highest BCUT2D eigenvalue weighted by Gasteiger charge is 2.13. The Morgan fingerprint density at radius 1 is 1.14 bits per heavy atom. The first-order valence-corrected chi connectivity index (χ1v) is 9.59. The van der Waals surface area contributed by atoms with Crippen molar-refractivity contribution >= 4 is 23.7 Å². The summed E-state index contributed by atoms with van der Waals surface area (Å²) in [6, 6.07) is 14.9. The fourth-order valence-electron chi connectivity index (χ4n) is 2.40. The van der Waals surface area contributed by atoms with Crippen molar-refractivity contribution in [3.63, 3.8) is 0 Å². The lowest BCUT2D eigenvalue weighted by molar-refractivity contribution is -0.118. The zero-order valence-corrected chi connectivity index (χ0v) is 16.7. The first kappa shape index (κ1) is 19.8. The summed E-state index contributed by atoms with van der Waals surface area (Å²) in [5.74, 6) is 0.956. The van der Waals surface area contributed by atoms with Crippen LogP contribution in [0.2, 0.25) is 0 Å². The van der Waals surface area contributed by atoms with Gasteiger partial charge in [0.1, 0.15) is 0 Å². The van der Waals surface area contributed by atoms with Crippen molar-refractivity contribution in [2.45, 2.75) is 24.0 Å². The van der Waals surface area contributed by atoms with E-state index in [1.165, 1.54) is 7.11 Å². The third kappa shape index (κ3) is 5.26. The third-order valence-corrected chi connectivity index (χ3v) is 4.55. The number of rotatable bonds is 8. The van der Waals surface area contributed by atoms with E-state index in [1.54, 1.807) is 30.0 Å². The average molecular weight is 399 g/mol. The van der Waals surface area contributed by atoms with Crippen molar-refractivity contribution in [3.05, 3.63) is 48.5 Å². The Balaban J connectivity index is 1.60. The number of anilines is 1. The third-order valence-electron chi connectivity index (χ3n) is 3.55. The van der Waals surface area contributed by atoms with Gasteiger partial charge in [0.25, 0.3) is 5.91 Å². The summed E-state index contributed by atoms with van der Waals surface area (Å²) in [7, 11) is 1.54. The summed E-state index contributed by atoms with van der Waals surface area (Å²) >= 11 is 1.75. The molecular formula is C20H21N3O4S. The lowest BCUT2D eigenvalue weighted by Crippen LogP contribution is -2.20. The summed E-state index contributed by atoms with van der Waals surface area (Å²) in [5, 5.41) is 10.9. The van der Waals surface area contributed by atoms with Gasteiger partial charge >= 0.3 is 6.01 Å². The van der Waals surface area contributed by atoms with E-state index in [2.05, 4.69) is 29.4 Å². The normalized spacial score (nSPS) is 10.7. The molecule has 0 radical (unpaired) electrons. The molecule has 1 aromatic heterocycles. The van der Waals surface area contributed by atoms with E-state index in [0.717, 1.165) is 10.5 Å². The Hall–Kier alpha value is -3.00. The maximum atomic E-state index is 12.1. The van der Waals surface area contributed by atoms with Crippen LogP contribution in [0.15, 0.2) is 57.8 Å². The van der Waals surface area contributed by atoms with Gasteiger partial charge in [-0.25, -0.2) is 0 Å². The summed E-state index contributed by atoms with van der Waals surface area (Å²) in [4.78, 5) is 13.2. The number of carbonyl (C=O) groups excluding carboxylic acids is 1. The zero-order valence-electron chi connectivity index (χ0n) is 15.8. The summed E-state index contributed by atoms with van der Waals surface area (Å²) < 4.78 is 16.2. The fourth-order valence-corrected chi connectivity index (χ4v) is 3.30. The lowest BCUT2D eigenvalue weighted by Gasteiger charge is -2.09. The molecule has 0 saturated carbocycles. The fraction of sp³-hybridized carbons (Fsp3) is 0.250. The first-order valence-electron chi connectivity index (χ1n) is 8.71. The molecule has 0 spiro atoms. The molecular weight excluding hydrogens is 378 g/mol. The van der Waals surface area contributed by atoms with Crippen molar-refractivity contribution in [3.8, 4) is 23.0 Å². The van der Waals surface area contributed by atoms with E-state index in [4.69, 9.17) is 13.9 Å². The van der Waals surface area contributed by atoms with E-state index >= 15 is 0 Å². The highest BCUT2D eigenvalue weighted by atomic mass is 32.2. The molecule has 2 aromatic carbocycles. The number of amides is 1. The standard InChI is InChI=1S/C20H21N3O4S/c1-13(2)28-15-8-6-7-14(11-15)19-22-23-20(27-19)21-18(24)12-26-17-10-5-4-9-16(17)25-3/h4-11,13H,12H2,1-3H3,(H,21,23,24). The first-order chi connectivity index (χ1) is 13.5. The van der Waals surface area contributed by atoms with Crippen LogP contribution < -0.4 is 14.8 Å². The van der Waals surface area contributed by atoms with Crippen molar-refractivity contribution < 1.29 is 18.7 Å². The molecule has 146 valence electrons. The summed E-state index contributed by atoms with van der Waals surface area (Å²) in [6.07, 6.45) is 0. The average Bonchev–Trinajstić information content (AvgIpc) is 3.14. The Morgan fingerprint density at radius 2 is 1.93 bits per heavy atom. The van der Waals surface area contributed by atoms with E-state index in [1.807, 2.05) is 30.3 Å². The molecule has 1 N–H and O–H groups in total. The van der Waals surface area contributed by atoms with Crippen LogP contribution in [0, 0.1) is 0 Å². The van der Waals surface area contributed by atoms with Gasteiger partial charge in [0.05, 0.1) is 7.11 Å². The molecule has 0 bridgehead atoms. The second kappa shape index (κ2) is 9.27. The highest BCUT2D eigenvalue weighted by molar-refractivity contribution is 7.99. The number of thioether (sulfide) groups is 1. The Labute approximate surface area is 167 Å². The highest BCUT2D eigenvalue weighted by Crippen LogP contribution is 2.28. The van der Waals surface area contributed by atoms with Crippen LogP contribution in [0.5, 0.6) is 11.5 Å². The lowest BCUT2D eigenvalue weighted by atomic mass is 10.2. The summed E-state index contributed by atoms with van der Waals surface area (Å²) in [5.41, 5.74) is 0.795. The molecule has 0 aliphatic carbocycles.